The van der Waals surface area contributed by atoms with Crippen molar-refractivity contribution in [1.29, 1.82) is 0 Å². The number of amides is 2. The summed E-state index contributed by atoms with van der Waals surface area (Å²) in [5.74, 6) is -0.864. The van der Waals surface area contributed by atoms with Crippen molar-refractivity contribution in [3.8, 4) is 0 Å². The zero-order valence-electron chi connectivity index (χ0n) is 10.4. The van der Waals surface area contributed by atoms with Crippen LogP contribution in [0.3, 0.4) is 0 Å². The molecule has 1 aliphatic heterocycles. The number of carbonyl (C=O) groups excluding carboxylic acids is 2. The van der Waals surface area contributed by atoms with Crippen molar-refractivity contribution in [1.82, 2.24) is 0 Å². The zero-order valence-corrected chi connectivity index (χ0v) is 11.2. The van der Waals surface area contributed by atoms with Crippen molar-refractivity contribution in [2.75, 3.05) is 17.7 Å². The Hall–Kier alpha value is -1.89. The summed E-state index contributed by atoms with van der Waals surface area (Å²) in [6, 6.07) is 4.20. The highest BCUT2D eigenvalue weighted by Gasteiger charge is 2.24. The van der Waals surface area contributed by atoms with Crippen molar-refractivity contribution < 1.29 is 18.0 Å². The number of nitrogens with zero attached hydrogens (tertiary/aromatic N) is 1. The molecule has 2 N–H and O–H groups in total. The molecule has 6 nitrogen and oxygen atoms in total. The van der Waals surface area contributed by atoms with E-state index in [1.807, 2.05) is 0 Å². The summed E-state index contributed by atoms with van der Waals surface area (Å²) in [7, 11) is -3.54. The summed E-state index contributed by atoms with van der Waals surface area (Å²) in [6.45, 7) is 0.565. The number of rotatable bonds is 3. The molecule has 1 fully saturated rings. The minimum atomic E-state index is -3.54. The maximum absolute atomic E-state index is 11.6. The molecule has 19 heavy (non-hydrogen) atoms. The molecule has 1 aliphatic rings. The average Bonchev–Trinajstić information content (AvgIpc) is 2.73. The van der Waals surface area contributed by atoms with Crippen LogP contribution in [-0.4, -0.2) is 33.0 Å². The fourth-order valence-electron chi connectivity index (χ4n) is 2.12. The van der Waals surface area contributed by atoms with E-state index in [4.69, 9.17) is 5.73 Å². The summed E-state index contributed by atoms with van der Waals surface area (Å²) in [6.07, 6.45) is 2.22. The maximum atomic E-state index is 11.6. The van der Waals surface area contributed by atoms with Crippen LogP contribution in [0.5, 0.6) is 0 Å². The minimum Gasteiger partial charge on any atom is -0.366 e. The van der Waals surface area contributed by atoms with Crippen molar-refractivity contribution >= 4 is 27.3 Å². The minimum absolute atomic E-state index is 0.0393. The third-order valence-corrected chi connectivity index (χ3v) is 4.17. The Balaban J connectivity index is 2.54. The van der Waals surface area contributed by atoms with Crippen molar-refractivity contribution in [3.05, 3.63) is 23.8 Å². The highest BCUT2D eigenvalue weighted by atomic mass is 32.2. The Morgan fingerprint density at radius 1 is 1.37 bits per heavy atom. The molecular weight excluding hydrogens is 268 g/mol. The van der Waals surface area contributed by atoms with Gasteiger partial charge in [-0.05, 0) is 24.6 Å². The van der Waals surface area contributed by atoms with E-state index < -0.39 is 15.7 Å². The molecule has 2 amide bonds. The van der Waals surface area contributed by atoms with Crippen LogP contribution in [0.2, 0.25) is 0 Å². The molecule has 2 rings (SSSR count). The highest BCUT2D eigenvalue weighted by molar-refractivity contribution is 7.90. The lowest BCUT2D eigenvalue weighted by molar-refractivity contribution is -0.117. The van der Waals surface area contributed by atoms with Crippen molar-refractivity contribution in [3.63, 3.8) is 0 Å². The van der Waals surface area contributed by atoms with Gasteiger partial charge in [0.25, 0.3) is 0 Å². The molecule has 1 aromatic carbocycles. The van der Waals surface area contributed by atoms with E-state index in [1.54, 1.807) is 0 Å². The number of hydrogen-bond donors (Lipinski definition) is 1. The van der Waals surface area contributed by atoms with Crippen molar-refractivity contribution in [2.24, 2.45) is 5.73 Å². The van der Waals surface area contributed by atoms with E-state index in [-0.39, 0.29) is 16.4 Å². The molecule has 7 heteroatoms. The first-order valence-corrected chi connectivity index (χ1v) is 7.64. The maximum Gasteiger partial charge on any atom is 0.250 e. The van der Waals surface area contributed by atoms with E-state index in [0.717, 1.165) is 12.7 Å². The van der Waals surface area contributed by atoms with Gasteiger partial charge in [0, 0.05) is 24.9 Å². The van der Waals surface area contributed by atoms with Gasteiger partial charge in [-0.2, -0.15) is 0 Å². The fraction of sp³-hybridized carbons (Fsp3) is 0.333. The third kappa shape index (κ3) is 2.60. The molecule has 1 aromatic rings. The lowest BCUT2D eigenvalue weighted by Crippen LogP contribution is -2.25. The Bertz CT molecular complexity index is 652. The number of hydrogen-bond acceptors (Lipinski definition) is 4. The second-order valence-electron chi connectivity index (χ2n) is 4.47. The van der Waals surface area contributed by atoms with Crippen LogP contribution < -0.4 is 10.6 Å². The van der Waals surface area contributed by atoms with Crippen LogP contribution in [0.25, 0.3) is 0 Å². The molecule has 0 spiro atoms. The SMILES string of the molecule is CS(=O)(=O)c1ccc(N2CCCC2=O)cc1C(N)=O. The van der Waals surface area contributed by atoms with E-state index in [1.165, 1.54) is 23.1 Å². The van der Waals surface area contributed by atoms with Gasteiger partial charge in [-0.1, -0.05) is 0 Å². The first-order chi connectivity index (χ1) is 8.80. The van der Waals surface area contributed by atoms with Crippen LogP contribution in [0.4, 0.5) is 5.69 Å². The molecule has 1 saturated heterocycles. The van der Waals surface area contributed by atoms with Gasteiger partial charge in [-0.25, -0.2) is 8.42 Å². The quantitative estimate of drug-likeness (QED) is 0.863. The standard InChI is InChI=1S/C12H14N2O4S/c1-19(17,18)10-5-4-8(7-9(10)12(13)16)14-6-2-3-11(14)15/h4-5,7H,2-3,6H2,1H3,(H2,13,16). The average molecular weight is 282 g/mol. The summed E-state index contributed by atoms with van der Waals surface area (Å²) in [5, 5.41) is 0. The Morgan fingerprint density at radius 2 is 2.05 bits per heavy atom. The summed E-state index contributed by atoms with van der Waals surface area (Å²) >= 11 is 0. The molecule has 0 radical (unpaired) electrons. The first kappa shape index (κ1) is 13.5. The number of benzene rings is 1. The predicted molar refractivity (Wildman–Crippen MR) is 69.7 cm³/mol. The number of primary amides is 1. The van der Waals surface area contributed by atoms with Gasteiger partial charge in [0.1, 0.15) is 0 Å². The largest absolute Gasteiger partial charge is 0.366 e. The van der Waals surface area contributed by atoms with Gasteiger partial charge in [0.2, 0.25) is 11.8 Å². The Labute approximate surface area is 111 Å². The van der Waals surface area contributed by atoms with Gasteiger partial charge in [0.15, 0.2) is 9.84 Å². The molecule has 0 aliphatic carbocycles. The summed E-state index contributed by atoms with van der Waals surface area (Å²) in [4.78, 5) is 24.4. The van der Waals surface area contributed by atoms with E-state index in [2.05, 4.69) is 0 Å². The van der Waals surface area contributed by atoms with E-state index >= 15 is 0 Å². The lowest BCUT2D eigenvalue weighted by Gasteiger charge is -2.17. The number of sulfone groups is 1. The van der Waals surface area contributed by atoms with Gasteiger partial charge in [0.05, 0.1) is 10.5 Å². The number of nitrogens with two attached hydrogens (primary N) is 1. The van der Waals surface area contributed by atoms with Crippen LogP contribution in [0, 0.1) is 0 Å². The van der Waals surface area contributed by atoms with Gasteiger partial charge < -0.3 is 10.6 Å². The van der Waals surface area contributed by atoms with Crippen LogP contribution >= 0.6 is 0 Å². The van der Waals surface area contributed by atoms with Crippen LogP contribution in [0.1, 0.15) is 23.2 Å². The molecular formula is C12H14N2O4S. The van der Waals surface area contributed by atoms with Crippen LogP contribution in [0.15, 0.2) is 23.1 Å². The lowest BCUT2D eigenvalue weighted by atomic mass is 10.2. The Kier molecular flexibility index (Phi) is 3.32. The van der Waals surface area contributed by atoms with Gasteiger partial charge in [-0.3, -0.25) is 9.59 Å². The fourth-order valence-corrected chi connectivity index (χ4v) is 3.00. The highest BCUT2D eigenvalue weighted by Crippen LogP contribution is 2.26. The molecule has 0 bridgehead atoms. The molecule has 0 unspecified atom stereocenters. The van der Waals surface area contributed by atoms with E-state index in [0.29, 0.717) is 18.7 Å². The smallest absolute Gasteiger partial charge is 0.250 e. The van der Waals surface area contributed by atoms with Gasteiger partial charge in [-0.15, -0.1) is 0 Å². The number of carbonyl (C=O) groups is 2. The third-order valence-electron chi connectivity index (χ3n) is 3.01. The summed E-state index contributed by atoms with van der Waals surface area (Å²) < 4.78 is 23.1. The van der Waals surface area contributed by atoms with Crippen LogP contribution in [-0.2, 0) is 14.6 Å². The molecule has 0 atom stereocenters. The molecule has 1 heterocycles. The zero-order chi connectivity index (χ0) is 14.2. The second kappa shape index (κ2) is 4.65. The number of anilines is 1. The monoisotopic (exact) mass is 282 g/mol. The molecule has 0 saturated carbocycles. The normalized spacial score (nSPS) is 15.8. The molecule has 102 valence electrons. The van der Waals surface area contributed by atoms with Crippen molar-refractivity contribution in [2.45, 2.75) is 17.7 Å². The van der Waals surface area contributed by atoms with Gasteiger partial charge >= 0.3 is 0 Å². The first-order valence-electron chi connectivity index (χ1n) is 5.75. The Morgan fingerprint density at radius 3 is 2.53 bits per heavy atom. The van der Waals surface area contributed by atoms with E-state index in [9.17, 15) is 18.0 Å². The predicted octanol–water partition coefficient (Wildman–Crippen LogP) is 0.316. The molecule has 0 aromatic heterocycles. The second-order valence-corrected chi connectivity index (χ2v) is 6.45. The summed E-state index contributed by atoms with van der Waals surface area (Å²) in [5.41, 5.74) is 5.63. The topological polar surface area (TPSA) is 97.5 Å².